The normalized spacial score (nSPS) is 19.7. The van der Waals surface area contributed by atoms with Crippen molar-refractivity contribution < 1.29 is 23.0 Å². The molecule has 4 aromatic rings. The second kappa shape index (κ2) is 11.6. The molecule has 1 aromatic carbocycles. The monoisotopic (exact) mass is 662 g/mol. The van der Waals surface area contributed by atoms with Crippen LogP contribution in [0.15, 0.2) is 12.4 Å². The molecule has 0 bridgehead atoms. The summed E-state index contributed by atoms with van der Waals surface area (Å²) >= 11 is 0.869. The van der Waals surface area contributed by atoms with Gasteiger partial charge in [0.15, 0.2) is 11.6 Å². The molecular formula is C33H36F2N8O3S. The van der Waals surface area contributed by atoms with Crippen LogP contribution in [0, 0.1) is 23.0 Å². The van der Waals surface area contributed by atoms with E-state index in [1.165, 1.54) is 0 Å². The number of piperazine rings is 1. The van der Waals surface area contributed by atoms with Gasteiger partial charge in [-0.05, 0) is 52.2 Å². The first kappa shape index (κ1) is 31.6. The minimum atomic E-state index is -0.796. The Hall–Kier alpha value is -4.03. The number of ether oxygens (including phenoxy) is 2. The molecule has 7 rings (SSSR count). The van der Waals surface area contributed by atoms with Crippen LogP contribution in [0.1, 0.15) is 57.7 Å². The van der Waals surface area contributed by atoms with Crippen molar-refractivity contribution in [1.29, 1.82) is 5.26 Å². The van der Waals surface area contributed by atoms with Crippen LogP contribution in [0.3, 0.4) is 0 Å². The van der Waals surface area contributed by atoms with Gasteiger partial charge < -0.3 is 19.7 Å². The van der Waals surface area contributed by atoms with Crippen LogP contribution < -0.4 is 15.5 Å². The number of nitrogens with zero attached hydrogens (tertiary/aromatic N) is 6. The molecule has 1 atom stereocenters. The third-order valence-corrected chi connectivity index (χ3v) is 10.00. The number of rotatable bonds is 4. The summed E-state index contributed by atoms with van der Waals surface area (Å²) in [5.41, 5.74) is 0.771. The Labute approximate surface area is 274 Å². The lowest BCUT2D eigenvalue weighted by Crippen LogP contribution is -2.59. The number of fused-ring (bicyclic) bond motifs is 4. The number of carbonyl (C=O) groups excluding carboxylic acids is 1. The van der Waals surface area contributed by atoms with Gasteiger partial charge in [-0.15, -0.1) is 11.3 Å². The minimum Gasteiger partial charge on any atom is -0.444 e. The first-order chi connectivity index (χ1) is 22.3. The zero-order chi connectivity index (χ0) is 33.2. The Kier molecular flexibility index (Phi) is 7.78. The van der Waals surface area contributed by atoms with Gasteiger partial charge in [0.2, 0.25) is 5.95 Å². The maximum atomic E-state index is 16.9. The number of aromatic nitrogens is 3. The fraction of sp³-hybridized carbons (Fsp3) is 0.485. The molecule has 1 unspecified atom stereocenters. The maximum Gasteiger partial charge on any atom is 0.412 e. The lowest BCUT2D eigenvalue weighted by Gasteiger charge is -2.42. The second-order valence-electron chi connectivity index (χ2n) is 13.9. The van der Waals surface area contributed by atoms with E-state index < -0.39 is 23.3 Å². The smallest absolute Gasteiger partial charge is 0.412 e. The van der Waals surface area contributed by atoms with Gasteiger partial charge in [0.05, 0.1) is 35.4 Å². The van der Waals surface area contributed by atoms with Gasteiger partial charge >= 0.3 is 6.09 Å². The number of anilines is 2. The summed E-state index contributed by atoms with van der Waals surface area (Å²) in [7, 11) is 0. The molecule has 0 saturated carbocycles. The third-order valence-electron chi connectivity index (χ3n) is 8.88. The summed E-state index contributed by atoms with van der Waals surface area (Å²) in [5, 5.41) is 17.1. The largest absolute Gasteiger partial charge is 0.444 e. The first-order valence-corrected chi connectivity index (χ1v) is 16.5. The number of carbonyl (C=O) groups is 1. The molecule has 2 N–H and O–H groups in total. The van der Waals surface area contributed by atoms with E-state index in [2.05, 4.69) is 50.3 Å². The molecule has 0 spiro atoms. The number of thiophene rings is 1. The van der Waals surface area contributed by atoms with Crippen molar-refractivity contribution in [2.45, 2.75) is 71.4 Å². The van der Waals surface area contributed by atoms with Gasteiger partial charge in [-0.3, -0.25) is 15.2 Å². The molecule has 246 valence electrons. The average Bonchev–Trinajstić information content (AvgIpc) is 3.76. The van der Waals surface area contributed by atoms with Crippen LogP contribution in [0.25, 0.3) is 32.2 Å². The number of hydrogen-bond donors (Lipinski definition) is 2. The molecule has 11 nitrogen and oxygen atoms in total. The number of halogens is 2. The van der Waals surface area contributed by atoms with Crippen LogP contribution in [-0.2, 0) is 22.7 Å². The van der Waals surface area contributed by atoms with E-state index in [9.17, 15) is 10.1 Å². The summed E-state index contributed by atoms with van der Waals surface area (Å²) in [6, 6.07) is 2.41. The van der Waals surface area contributed by atoms with E-state index in [4.69, 9.17) is 14.5 Å². The highest BCUT2D eigenvalue weighted by Gasteiger charge is 2.36. The van der Waals surface area contributed by atoms with E-state index >= 15 is 8.78 Å². The molecule has 0 aliphatic carbocycles. The Morgan fingerprint density at radius 1 is 1.21 bits per heavy atom. The van der Waals surface area contributed by atoms with Gasteiger partial charge in [-0.25, -0.2) is 23.5 Å². The Morgan fingerprint density at radius 3 is 2.74 bits per heavy atom. The van der Waals surface area contributed by atoms with E-state index in [0.717, 1.165) is 62.2 Å². The predicted molar refractivity (Wildman–Crippen MR) is 175 cm³/mol. The summed E-state index contributed by atoms with van der Waals surface area (Å²) in [6.07, 6.45) is 2.82. The molecule has 6 heterocycles. The van der Waals surface area contributed by atoms with Crippen molar-refractivity contribution in [3.05, 3.63) is 40.7 Å². The Morgan fingerprint density at radius 2 is 2.00 bits per heavy atom. The number of nitrogens with one attached hydrogen (secondary N) is 2. The van der Waals surface area contributed by atoms with Crippen LogP contribution in [0.2, 0.25) is 0 Å². The van der Waals surface area contributed by atoms with Crippen molar-refractivity contribution in [2.75, 3.05) is 42.9 Å². The number of pyridine rings is 1. The van der Waals surface area contributed by atoms with Crippen LogP contribution in [0.4, 0.5) is 24.5 Å². The van der Waals surface area contributed by atoms with E-state index in [1.807, 2.05) is 0 Å². The van der Waals surface area contributed by atoms with Gasteiger partial charge in [0.1, 0.15) is 22.2 Å². The summed E-state index contributed by atoms with van der Waals surface area (Å²) < 4.78 is 43.3. The van der Waals surface area contributed by atoms with Crippen LogP contribution in [-0.4, -0.2) is 75.9 Å². The number of benzene rings is 1. The molecule has 2 fully saturated rings. The molecule has 0 radical (unpaired) electrons. The SMILES string of the molecule is CC1(C)CN(C2CCN(c3ncc4c5c(c(-c6ncc(F)c7sc(NC(=O)OC(C)(C)C)c(C#N)c67)c(F)c4n3)COC5)C2)CCN1. The fourth-order valence-electron chi connectivity index (χ4n) is 6.87. The van der Waals surface area contributed by atoms with Crippen LogP contribution >= 0.6 is 11.3 Å². The lowest BCUT2D eigenvalue weighted by molar-refractivity contribution is 0.0636. The molecule has 3 aromatic heterocycles. The minimum absolute atomic E-state index is 0.0346. The molecule has 14 heteroatoms. The highest BCUT2D eigenvalue weighted by atomic mass is 32.1. The van der Waals surface area contributed by atoms with Crippen molar-refractivity contribution >= 4 is 49.4 Å². The van der Waals surface area contributed by atoms with Gasteiger partial charge in [0, 0.05) is 66.8 Å². The first-order valence-electron chi connectivity index (χ1n) is 15.7. The summed E-state index contributed by atoms with van der Waals surface area (Å²) in [5.74, 6) is -0.908. The van der Waals surface area contributed by atoms with Gasteiger partial charge in [-0.1, -0.05) is 0 Å². The zero-order valence-corrected chi connectivity index (χ0v) is 27.8. The molecule has 2 saturated heterocycles. The molecule has 1 amide bonds. The molecule has 3 aliphatic rings. The standard InChI is InChI=1S/C33H36F2N8O3S/c1-32(2,3)46-31(44)41-29-18(10-36)24-27(37-12-22(34)28(24)47-29)23-21-15-45-14-20(21)19-11-38-30(40-26(19)25(23)35)42-8-6-17(13-42)43-9-7-39-33(4,5)16-43/h11-12,17,39H,6-9,13-16H2,1-5H3,(H,41,44). The molecule has 3 aliphatic heterocycles. The van der Waals surface area contributed by atoms with Gasteiger partial charge in [0.25, 0.3) is 0 Å². The second-order valence-corrected chi connectivity index (χ2v) is 15.0. The Balaban J connectivity index is 1.31. The maximum absolute atomic E-state index is 16.9. The highest BCUT2D eigenvalue weighted by Crippen LogP contribution is 2.46. The van der Waals surface area contributed by atoms with Gasteiger partial charge in [-0.2, -0.15) is 5.26 Å². The number of hydrogen-bond acceptors (Lipinski definition) is 11. The predicted octanol–water partition coefficient (Wildman–Crippen LogP) is 5.70. The van der Waals surface area contributed by atoms with Crippen molar-refractivity contribution in [3.8, 4) is 17.3 Å². The number of nitriles is 1. The van der Waals surface area contributed by atoms with E-state index in [0.29, 0.717) is 22.9 Å². The van der Waals surface area contributed by atoms with E-state index in [1.54, 1.807) is 27.0 Å². The fourth-order valence-corrected chi connectivity index (χ4v) is 7.91. The third kappa shape index (κ3) is 5.75. The Bertz CT molecular complexity index is 1970. The van der Waals surface area contributed by atoms with Crippen LogP contribution in [0.5, 0.6) is 0 Å². The van der Waals surface area contributed by atoms with E-state index in [-0.39, 0.29) is 56.2 Å². The van der Waals surface area contributed by atoms with Crippen molar-refractivity contribution in [2.24, 2.45) is 0 Å². The summed E-state index contributed by atoms with van der Waals surface area (Å²) in [6.45, 7) is 14.2. The quantitative estimate of drug-likeness (QED) is 0.281. The summed E-state index contributed by atoms with van der Waals surface area (Å²) in [4.78, 5) is 31.0. The topological polar surface area (TPSA) is 129 Å². The van der Waals surface area contributed by atoms with Crippen molar-refractivity contribution in [3.63, 3.8) is 0 Å². The van der Waals surface area contributed by atoms with Crippen molar-refractivity contribution in [1.82, 2.24) is 25.2 Å². The molecule has 47 heavy (non-hydrogen) atoms. The highest BCUT2D eigenvalue weighted by molar-refractivity contribution is 7.23. The number of amides is 1. The average molecular weight is 663 g/mol. The molecular weight excluding hydrogens is 626 g/mol. The lowest BCUT2D eigenvalue weighted by atomic mass is 9.94. The zero-order valence-electron chi connectivity index (χ0n) is 27.0.